The molecule has 0 saturated carbocycles. The van der Waals surface area contributed by atoms with E-state index in [-0.39, 0.29) is 24.5 Å². The number of rotatable bonds is 5. The van der Waals surface area contributed by atoms with E-state index < -0.39 is 0 Å². The molecule has 0 aliphatic carbocycles. The van der Waals surface area contributed by atoms with Crippen LogP contribution in [0.5, 0.6) is 0 Å². The van der Waals surface area contributed by atoms with Gasteiger partial charge in [-0.15, -0.1) is 11.3 Å². The maximum atomic E-state index is 12.5. The van der Waals surface area contributed by atoms with Crippen molar-refractivity contribution in [2.24, 2.45) is 0 Å². The van der Waals surface area contributed by atoms with E-state index >= 15 is 0 Å². The van der Waals surface area contributed by atoms with Gasteiger partial charge in [0.25, 0.3) is 0 Å². The van der Waals surface area contributed by atoms with E-state index in [1.807, 2.05) is 35.4 Å². The number of nitrogens with zero attached hydrogens (tertiary/aromatic N) is 3. The minimum Gasteiger partial charge on any atom is -0.394 e. The Labute approximate surface area is 202 Å². The van der Waals surface area contributed by atoms with Crippen molar-refractivity contribution >= 4 is 34.7 Å². The summed E-state index contributed by atoms with van der Waals surface area (Å²) in [5.41, 5.74) is 4.48. The lowest BCUT2D eigenvalue weighted by Crippen LogP contribution is -2.37. The number of anilines is 1. The van der Waals surface area contributed by atoms with Crippen LogP contribution >= 0.6 is 22.9 Å². The highest BCUT2D eigenvalue weighted by Crippen LogP contribution is 2.43. The molecular weight excluding hydrogens is 454 g/mol. The highest BCUT2D eigenvalue weighted by molar-refractivity contribution is 7.16. The van der Waals surface area contributed by atoms with Crippen molar-refractivity contribution in [3.63, 3.8) is 0 Å². The maximum Gasteiger partial charge on any atom is 0.246 e. The lowest BCUT2D eigenvalue weighted by atomic mass is 9.84. The third kappa shape index (κ3) is 4.19. The Morgan fingerprint density at radius 1 is 1.27 bits per heavy atom. The number of pyridine rings is 1. The molecular formula is C26H26ClN3O2S. The average molecular weight is 480 g/mol. The van der Waals surface area contributed by atoms with Crippen molar-refractivity contribution in [1.29, 1.82) is 0 Å². The summed E-state index contributed by atoms with van der Waals surface area (Å²) in [6, 6.07) is 14.7. The Balaban J connectivity index is 1.51. The highest BCUT2D eigenvalue weighted by atomic mass is 35.5. The third-order valence-corrected chi connectivity index (χ3v) is 7.95. The molecule has 2 aromatic heterocycles. The van der Waals surface area contributed by atoms with Gasteiger partial charge < -0.3 is 14.9 Å². The Kier molecular flexibility index (Phi) is 6.23. The summed E-state index contributed by atoms with van der Waals surface area (Å²) in [7, 11) is 0. The fraction of sp³-hybridized carbons (Fsp3) is 0.308. The summed E-state index contributed by atoms with van der Waals surface area (Å²) >= 11 is 7.93. The summed E-state index contributed by atoms with van der Waals surface area (Å²) in [6.07, 6.45) is 5.36. The maximum absolute atomic E-state index is 12.5. The number of hydrogen-bond acceptors (Lipinski definition) is 5. The molecule has 0 bridgehead atoms. The van der Waals surface area contributed by atoms with Gasteiger partial charge in [-0.05, 0) is 53.8 Å². The van der Waals surface area contributed by atoms with Crippen LogP contribution in [0.2, 0.25) is 4.34 Å². The normalized spacial score (nSPS) is 20.1. The van der Waals surface area contributed by atoms with E-state index in [0.29, 0.717) is 13.1 Å². The van der Waals surface area contributed by atoms with Crippen LogP contribution in [0, 0.1) is 0 Å². The molecule has 0 radical (unpaired) electrons. The summed E-state index contributed by atoms with van der Waals surface area (Å²) in [4.78, 5) is 22.4. The molecule has 1 fully saturated rings. The van der Waals surface area contributed by atoms with Crippen LogP contribution in [-0.2, 0) is 11.3 Å². The van der Waals surface area contributed by atoms with Crippen LogP contribution in [-0.4, -0.2) is 46.6 Å². The van der Waals surface area contributed by atoms with Gasteiger partial charge in [0, 0.05) is 35.6 Å². The molecule has 0 unspecified atom stereocenters. The third-order valence-electron chi connectivity index (χ3n) is 6.69. The standard InChI is InChI=1S/C26H26ClN3O2S/c1-2-26(32)29-14-22(21-12-24(27)33-23(21)15-29)20-8-4-3-7-19(20)17-9-10-25(28-13-17)30-11-5-6-18(30)16-31/h2-4,7-10,12-13,18,22,31H,1,5-6,11,14-16H2/t18-,22-/m0/s1. The molecule has 2 aliphatic rings. The van der Waals surface area contributed by atoms with E-state index in [0.717, 1.165) is 51.1 Å². The summed E-state index contributed by atoms with van der Waals surface area (Å²) in [6.45, 7) is 5.89. The second-order valence-corrected chi connectivity index (χ2v) is 10.3. The lowest BCUT2D eigenvalue weighted by molar-refractivity contribution is -0.127. The average Bonchev–Trinajstić information content (AvgIpc) is 3.48. The van der Waals surface area contributed by atoms with Gasteiger partial charge in [-0.1, -0.05) is 42.4 Å². The van der Waals surface area contributed by atoms with Crippen LogP contribution in [0.3, 0.4) is 0 Å². The second-order valence-electron chi connectivity index (χ2n) is 8.57. The molecule has 0 spiro atoms. The Hall–Kier alpha value is -2.67. The van der Waals surface area contributed by atoms with Gasteiger partial charge in [0.2, 0.25) is 5.91 Å². The highest BCUT2D eigenvalue weighted by Gasteiger charge is 2.32. The molecule has 1 amide bonds. The molecule has 1 aromatic carbocycles. The molecule has 7 heteroatoms. The fourth-order valence-corrected chi connectivity index (χ4v) is 6.41. The number of aromatic nitrogens is 1. The summed E-state index contributed by atoms with van der Waals surface area (Å²) in [5.74, 6) is 0.859. The Morgan fingerprint density at radius 2 is 2.12 bits per heavy atom. The molecule has 33 heavy (non-hydrogen) atoms. The van der Waals surface area contributed by atoms with Crippen LogP contribution in [0.25, 0.3) is 11.1 Å². The molecule has 1 saturated heterocycles. The van der Waals surface area contributed by atoms with Gasteiger partial charge in [0.15, 0.2) is 0 Å². The Bertz CT molecular complexity index is 1180. The van der Waals surface area contributed by atoms with Gasteiger partial charge in [-0.3, -0.25) is 4.79 Å². The molecule has 5 nitrogen and oxygen atoms in total. The largest absolute Gasteiger partial charge is 0.394 e. The van der Waals surface area contributed by atoms with Crippen LogP contribution in [0.15, 0.2) is 61.3 Å². The smallest absolute Gasteiger partial charge is 0.246 e. The molecule has 170 valence electrons. The monoisotopic (exact) mass is 479 g/mol. The van der Waals surface area contributed by atoms with Crippen LogP contribution in [0.1, 0.15) is 34.8 Å². The zero-order valence-electron chi connectivity index (χ0n) is 18.3. The van der Waals surface area contributed by atoms with Gasteiger partial charge >= 0.3 is 0 Å². The number of amides is 1. The zero-order chi connectivity index (χ0) is 22.9. The van der Waals surface area contributed by atoms with E-state index in [4.69, 9.17) is 16.6 Å². The lowest BCUT2D eigenvalue weighted by Gasteiger charge is -2.33. The number of benzene rings is 1. The van der Waals surface area contributed by atoms with Crippen LogP contribution in [0.4, 0.5) is 5.82 Å². The van der Waals surface area contributed by atoms with E-state index in [1.165, 1.54) is 23.0 Å². The number of aliphatic hydroxyl groups is 1. The van der Waals surface area contributed by atoms with Gasteiger partial charge in [-0.25, -0.2) is 4.98 Å². The Morgan fingerprint density at radius 3 is 2.88 bits per heavy atom. The number of hydrogen-bond donors (Lipinski definition) is 1. The number of aliphatic hydroxyl groups excluding tert-OH is 1. The first-order valence-electron chi connectivity index (χ1n) is 11.2. The number of halogens is 1. The molecule has 2 atom stereocenters. The molecule has 4 heterocycles. The topological polar surface area (TPSA) is 56.7 Å². The minimum atomic E-state index is -0.0669. The van der Waals surface area contributed by atoms with Crippen molar-refractivity contribution in [3.05, 3.63) is 81.7 Å². The van der Waals surface area contributed by atoms with Gasteiger partial charge in [0.05, 0.1) is 23.5 Å². The number of thiophene rings is 1. The quantitative estimate of drug-likeness (QED) is 0.518. The SMILES string of the molecule is C=CC(=O)N1Cc2sc(Cl)cc2[C@H](c2ccccc2-c2ccc(N3CCC[C@H]3CO)nc2)C1. The second kappa shape index (κ2) is 9.29. The number of fused-ring (bicyclic) bond motifs is 1. The predicted octanol–water partition coefficient (Wildman–Crippen LogP) is 5.08. The van der Waals surface area contributed by atoms with Crippen LogP contribution < -0.4 is 4.90 Å². The summed E-state index contributed by atoms with van der Waals surface area (Å²) < 4.78 is 0.741. The first kappa shape index (κ1) is 22.1. The van der Waals surface area contributed by atoms with Crippen molar-refractivity contribution in [2.45, 2.75) is 31.3 Å². The minimum absolute atomic E-state index is 0.0228. The first-order chi connectivity index (χ1) is 16.1. The van der Waals surface area contributed by atoms with Crippen molar-refractivity contribution < 1.29 is 9.90 Å². The summed E-state index contributed by atoms with van der Waals surface area (Å²) in [5, 5.41) is 9.66. The van der Waals surface area contributed by atoms with Crippen molar-refractivity contribution in [1.82, 2.24) is 9.88 Å². The number of carbonyl (C=O) groups is 1. The molecule has 2 aliphatic heterocycles. The molecule has 5 rings (SSSR count). The van der Waals surface area contributed by atoms with Gasteiger partial charge in [-0.2, -0.15) is 0 Å². The van der Waals surface area contributed by atoms with Gasteiger partial charge in [0.1, 0.15) is 5.82 Å². The molecule has 3 aromatic rings. The van der Waals surface area contributed by atoms with Crippen molar-refractivity contribution in [3.8, 4) is 11.1 Å². The fourth-order valence-electron chi connectivity index (χ4n) is 5.05. The molecule has 1 N–H and O–H groups in total. The van der Waals surface area contributed by atoms with Crippen molar-refractivity contribution in [2.75, 3.05) is 24.6 Å². The van der Waals surface area contributed by atoms with E-state index in [1.54, 1.807) is 0 Å². The predicted molar refractivity (Wildman–Crippen MR) is 134 cm³/mol. The van der Waals surface area contributed by atoms with E-state index in [2.05, 4.69) is 29.7 Å². The van der Waals surface area contributed by atoms with E-state index in [9.17, 15) is 9.90 Å². The zero-order valence-corrected chi connectivity index (χ0v) is 19.9. The number of carbonyl (C=O) groups excluding carboxylic acids is 1. The first-order valence-corrected chi connectivity index (χ1v) is 12.4.